The molecule has 0 aliphatic carbocycles. The van der Waals surface area contributed by atoms with Crippen LogP contribution in [0.15, 0.2) is 24.4 Å². The smallest absolute Gasteiger partial charge is 0.271 e. The van der Waals surface area contributed by atoms with Gasteiger partial charge in [0.2, 0.25) is 0 Å². The Morgan fingerprint density at radius 1 is 1.44 bits per heavy atom. The van der Waals surface area contributed by atoms with E-state index in [-0.39, 0.29) is 12.5 Å². The van der Waals surface area contributed by atoms with Crippen LogP contribution in [0, 0.1) is 6.92 Å². The molecule has 0 aromatic carbocycles. The number of nitrogens with one attached hydrogen (secondary N) is 1. The van der Waals surface area contributed by atoms with Crippen molar-refractivity contribution in [3.05, 3.63) is 35.8 Å². The minimum atomic E-state index is -0.170. The number of rotatable bonds is 5. The van der Waals surface area contributed by atoms with E-state index in [0.717, 1.165) is 17.8 Å². The molecule has 0 unspecified atom stereocenters. The normalized spacial score (nSPS) is 10.8. The number of aliphatic hydroxyl groups excluding tert-OH is 1. The molecule has 0 fully saturated rings. The fourth-order valence-corrected chi connectivity index (χ4v) is 1.79. The number of fused-ring (bicyclic) bond motifs is 1. The SMILES string of the molecule is Cc1cccc2nc(C(=O)NCCCCO)cn12. The first kappa shape index (κ1) is 12.6. The third kappa shape index (κ3) is 2.68. The standard InChI is InChI=1S/C13H17N3O2/c1-10-5-4-6-12-15-11(9-16(10)12)13(18)14-7-2-3-8-17/h4-6,9,17H,2-3,7-8H2,1H3,(H,14,18). The van der Waals surface area contributed by atoms with Gasteiger partial charge in [0.25, 0.3) is 5.91 Å². The molecule has 2 heterocycles. The molecule has 0 spiro atoms. The van der Waals surface area contributed by atoms with Gasteiger partial charge in [0.1, 0.15) is 11.3 Å². The molecule has 2 N–H and O–H groups in total. The summed E-state index contributed by atoms with van der Waals surface area (Å²) in [5.74, 6) is -0.170. The second-order valence-corrected chi connectivity index (χ2v) is 4.21. The molecule has 96 valence electrons. The van der Waals surface area contributed by atoms with Crippen molar-refractivity contribution in [2.45, 2.75) is 19.8 Å². The third-order valence-corrected chi connectivity index (χ3v) is 2.80. The summed E-state index contributed by atoms with van der Waals surface area (Å²) < 4.78 is 1.89. The van der Waals surface area contributed by atoms with E-state index in [1.54, 1.807) is 6.20 Å². The largest absolute Gasteiger partial charge is 0.396 e. The highest BCUT2D eigenvalue weighted by molar-refractivity contribution is 5.92. The predicted octanol–water partition coefficient (Wildman–Crippen LogP) is 1.15. The molecule has 2 rings (SSSR count). The molecule has 0 atom stereocenters. The highest BCUT2D eigenvalue weighted by atomic mass is 16.2. The lowest BCUT2D eigenvalue weighted by Crippen LogP contribution is -2.24. The second kappa shape index (κ2) is 5.64. The summed E-state index contributed by atoms with van der Waals surface area (Å²) in [5, 5.41) is 11.4. The molecule has 5 heteroatoms. The number of pyridine rings is 1. The van der Waals surface area contributed by atoms with Crippen LogP contribution in [0.5, 0.6) is 0 Å². The van der Waals surface area contributed by atoms with E-state index in [4.69, 9.17) is 5.11 Å². The third-order valence-electron chi connectivity index (χ3n) is 2.80. The number of unbranched alkanes of at least 4 members (excludes halogenated alkanes) is 1. The molecule has 0 saturated carbocycles. The van der Waals surface area contributed by atoms with Crippen LogP contribution in [0.1, 0.15) is 29.0 Å². The van der Waals surface area contributed by atoms with Crippen molar-refractivity contribution in [2.75, 3.05) is 13.2 Å². The Morgan fingerprint density at radius 2 is 2.28 bits per heavy atom. The number of aliphatic hydroxyl groups is 1. The van der Waals surface area contributed by atoms with Crippen molar-refractivity contribution in [2.24, 2.45) is 0 Å². The van der Waals surface area contributed by atoms with Gasteiger partial charge < -0.3 is 14.8 Å². The van der Waals surface area contributed by atoms with Crippen molar-refractivity contribution in [1.29, 1.82) is 0 Å². The molecular formula is C13H17N3O2. The number of nitrogens with zero attached hydrogens (tertiary/aromatic N) is 2. The quantitative estimate of drug-likeness (QED) is 0.779. The first-order valence-corrected chi connectivity index (χ1v) is 6.06. The number of carbonyl (C=O) groups is 1. The summed E-state index contributed by atoms with van der Waals surface area (Å²) in [6.07, 6.45) is 3.21. The highest BCUT2D eigenvalue weighted by Crippen LogP contribution is 2.08. The van der Waals surface area contributed by atoms with Gasteiger partial charge in [0.05, 0.1) is 0 Å². The fraction of sp³-hybridized carbons (Fsp3) is 0.385. The number of carbonyl (C=O) groups excluding carboxylic acids is 1. The Labute approximate surface area is 105 Å². The molecule has 2 aromatic heterocycles. The van der Waals surface area contributed by atoms with Crippen LogP contribution >= 0.6 is 0 Å². The Hall–Kier alpha value is -1.88. The van der Waals surface area contributed by atoms with Gasteiger partial charge in [0, 0.05) is 25.0 Å². The molecule has 5 nitrogen and oxygen atoms in total. The molecule has 18 heavy (non-hydrogen) atoms. The van der Waals surface area contributed by atoms with E-state index >= 15 is 0 Å². The summed E-state index contributed by atoms with van der Waals surface area (Å²) in [4.78, 5) is 16.1. The molecule has 2 aromatic rings. The Balaban J connectivity index is 2.06. The van der Waals surface area contributed by atoms with Crippen LogP contribution in [-0.4, -0.2) is 33.6 Å². The lowest BCUT2D eigenvalue weighted by Gasteiger charge is -2.01. The minimum Gasteiger partial charge on any atom is -0.396 e. The van der Waals surface area contributed by atoms with Gasteiger partial charge >= 0.3 is 0 Å². The zero-order chi connectivity index (χ0) is 13.0. The summed E-state index contributed by atoms with van der Waals surface area (Å²) in [5.41, 5.74) is 2.24. The van der Waals surface area contributed by atoms with Crippen molar-refractivity contribution in [3.63, 3.8) is 0 Å². The maximum Gasteiger partial charge on any atom is 0.271 e. The Bertz CT molecular complexity index is 548. The Kier molecular flexibility index (Phi) is 3.94. The van der Waals surface area contributed by atoms with Crippen molar-refractivity contribution >= 4 is 11.6 Å². The van der Waals surface area contributed by atoms with Crippen molar-refractivity contribution in [1.82, 2.24) is 14.7 Å². The summed E-state index contributed by atoms with van der Waals surface area (Å²) >= 11 is 0. The predicted molar refractivity (Wildman–Crippen MR) is 68.6 cm³/mol. The van der Waals surface area contributed by atoms with Gasteiger partial charge in [-0.1, -0.05) is 6.07 Å². The summed E-state index contributed by atoms with van der Waals surface area (Å²) in [6.45, 7) is 2.69. The van der Waals surface area contributed by atoms with Crippen LogP contribution in [0.4, 0.5) is 0 Å². The zero-order valence-electron chi connectivity index (χ0n) is 10.4. The summed E-state index contributed by atoms with van der Waals surface area (Å²) in [6, 6.07) is 5.76. The van der Waals surface area contributed by atoms with Gasteiger partial charge in [-0.05, 0) is 31.9 Å². The van der Waals surface area contributed by atoms with Gasteiger partial charge in [-0.15, -0.1) is 0 Å². The van der Waals surface area contributed by atoms with E-state index < -0.39 is 0 Å². The average Bonchev–Trinajstić information content (AvgIpc) is 2.80. The van der Waals surface area contributed by atoms with Gasteiger partial charge in [-0.25, -0.2) is 4.98 Å². The van der Waals surface area contributed by atoms with Crippen LogP contribution in [0.25, 0.3) is 5.65 Å². The molecule has 1 amide bonds. The molecule has 0 radical (unpaired) electrons. The zero-order valence-corrected chi connectivity index (χ0v) is 10.4. The first-order valence-electron chi connectivity index (χ1n) is 6.06. The van der Waals surface area contributed by atoms with E-state index in [2.05, 4.69) is 10.3 Å². The van der Waals surface area contributed by atoms with E-state index in [1.807, 2.05) is 29.5 Å². The number of aromatic nitrogens is 2. The number of hydrogen-bond acceptors (Lipinski definition) is 3. The van der Waals surface area contributed by atoms with Crippen LogP contribution in [-0.2, 0) is 0 Å². The minimum absolute atomic E-state index is 0.156. The molecule has 0 aliphatic heterocycles. The lowest BCUT2D eigenvalue weighted by atomic mass is 10.3. The lowest BCUT2D eigenvalue weighted by molar-refractivity contribution is 0.0947. The van der Waals surface area contributed by atoms with E-state index in [1.165, 1.54) is 0 Å². The monoisotopic (exact) mass is 247 g/mol. The van der Waals surface area contributed by atoms with Crippen LogP contribution < -0.4 is 5.32 Å². The van der Waals surface area contributed by atoms with Gasteiger partial charge in [-0.2, -0.15) is 0 Å². The molecule has 0 aliphatic rings. The summed E-state index contributed by atoms with van der Waals surface area (Å²) in [7, 11) is 0. The maximum atomic E-state index is 11.8. The van der Waals surface area contributed by atoms with Gasteiger partial charge in [-0.3, -0.25) is 4.79 Å². The van der Waals surface area contributed by atoms with Crippen molar-refractivity contribution in [3.8, 4) is 0 Å². The number of hydrogen-bond donors (Lipinski definition) is 2. The molecule has 0 bridgehead atoms. The van der Waals surface area contributed by atoms with Crippen LogP contribution in [0.2, 0.25) is 0 Å². The van der Waals surface area contributed by atoms with E-state index in [9.17, 15) is 4.79 Å². The Morgan fingerprint density at radius 3 is 3.00 bits per heavy atom. The highest BCUT2D eigenvalue weighted by Gasteiger charge is 2.10. The fourth-order valence-electron chi connectivity index (χ4n) is 1.79. The molecular weight excluding hydrogens is 230 g/mol. The number of aryl methyl sites for hydroxylation is 1. The average molecular weight is 247 g/mol. The van der Waals surface area contributed by atoms with Crippen molar-refractivity contribution < 1.29 is 9.90 Å². The van der Waals surface area contributed by atoms with Crippen LogP contribution in [0.3, 0.4) is 0 Å². The van der Waals surface area contributed by atoms with E-state index in [0.29, 0.717) is 18.7 Å². The second-order valence-electron chi connectivity index (χ2n) is 4.21. The maximum absolute atomic E-state index is 11.8. The first-order chi connectivity index (χ1) is 8.72. The number of imidazole rings is 1. The molecule has 0 saturated heterocycles. The van der Waals surface area contributed by atoms with Gasteiger partial charge in [0.15, 0.2) is 0 Å². The number of amides is 1. The topological polar surface area (TPSA) is 66.6 Å².